The van der Waals surface area contributed by atoms with Crippen molar-refractivity contribution < 1.29 is 18.0 Å². The van der Waals surface area contributed by atoms with E-state index in [-0.39, 0.29) is 31.3 Å². The topological polar surface area (TPSA) is 62.2 Å². The average molecular weight is 575 g/mol. The number of alkyl halides is 3. The molecule has 0 bridgehead atoms. The van der Waals surface area contributed by atoms with Crippen LogP contribution in [0.4, 0.5) is 30.5 Å². The van der Waals surface area contributed by atoms with Crippen LogP contribution in [0.2, 0.25) is 15.1 Å². The lowest BCUT2D eigenvalue weighted by molar-refractivity contribution is -0.176. The predicted octanol–water partition coefficient (Wildman–Crippen LogP) is 7.08. The Hall–Kier alpha value is -2.36. The van der Waals surface area contributed by atoms with Gasteiger partial charge in [-0.15, -0.1) is 0 Å². The van der Waals surface area contributed by atoms with E-state index in [4.69, 9.17) is 34.8 Å². The van der Waals surface area contributed by atoms with Crippen LogP contribution < -0.4 is 15.5 Å². The number of fused-ring (bicyclic) bond motifs is 1. The van der Waals surface area contributed by atoms with Gasteiger partial charge in [0.05, 0.1) is 43.4 Å². The molecule has 12 heteroatoms. The normalized spacial score (nSPS) is 18.4. The van der Waals surface area contributed by atoms with Gasteiger partial charge in [-0.3, -0.25) is 4.79 Å². The van der Waals surface area contributed by atoms with Gasteiger partial charge in [-0.1, -0.05) is 40.9 Å². The number of imidazole rings is 1. The smallest absolute Gasteiger partial charge is 0.370 e. The third-order valence-electron chi connectivity index (χ3n) is 6.98. The summed E-state index contributed by atoms with van der Waals surface area (Å²) in [6.07, 6.45) is -1.87. The molecule has 2 aromatic carbocycles. The summed E-state index contributed by atoms with van der Waals surface area (Å²) in [4.78, 5) is 18.3. The zero-order valence-electron chi connectivity index (χ0n) is 19.9. The average Bonchev–Trinajstić information content (AvgIpc) is 3.66. The molecule has 3 aromatic rings. The summed E-state index contributed by atoms with van der Waals surface area (Å²) < 4.78 is 41.8. The highest BCUT2D eigenvalue weighted by molar-refractivity contribution is 6.39. The fraction of sp³-hybridized carbons (Fsp3) is 0.440. The van der Waals surface area contributed by atoms with E-state index >= 15 is 0 Å². The van der Waals surface area contributed by atoms with E-state index in [2.05, 4.69) is 15.6 Å². The highest BCUT2D eigenvalue weighted by atomic mass is 35.5. The van der Waals surface area contributed by atoms with E-state index in [9.17, 15) is 18.0 Å². The lowest BCUT2D eigenvalue weighted by Crippen LogP contribution is -2.41. The van der Waals surface area contributed by atoms with Gasteiger partial charge >= 0.3 is 6.18 Å². The van der Waals surface area contributed by atoms with Gasteiger partial charge in [0.1, 0.15) is 0 Å². The van der Waals surface area contributed by atoms with Crippen molar-refractivity contribution in [3.05, 3.63) is 44.9 Å². The van der Waals surface area contributed by atoms with Crippen molar-refractivity contribution in [1.29, 1.82) is 0 Å². The predicted molar refractivity (Wildman–Crippen MR) is 141 cm³/mol. The van der Waals surface area contributed by atoms with E-state index in [0.29, 0.717) is 62.0 Å². The number of nitrogens with one attached hydrogen (secondary N) is 2. The van der Waals surface area contributed by atoms with Crippen LogP contribution in [-0.2, 0) is 18.4 Å². The number of anilines is 3. The second-order valence-corrected chi connectivity index (χ2v) is 10.8. The number of nitrogens with zero attached hydrogens (tertiary/aromatic N) is 3. The Morgan fingerprint density at radius 1 is 1.14 bits per heavy atom. The van der Waals surface area contributed by atoms with Crippen LogP contribution in [0, 0.1) is 11.8 Å². The van der Waals surface area contributed by atoms with E-state index in [0.717, 1.165) is 12.8 Å². The number of aryl methyl sites for hydroxylation is 1. The Morgan fingerprint density at radius 3 is 2.59 bits per heavy atom. The molecule has 6 nitrogen and oxygen atoms in total. The van der Waals surface area contributed by atoms with Gasteiger partial charge in [0.15, 0.2) is 0 Å². The minimum atomic E-state index is -4.24. The van der Waals surface area contributed by atoms with Crippen molar-refractivity contribution in [1.82, 2.24) is 14.9 Å². The number of halogens is 6. The molecule has 1 amide bonds. The van der Waals surface area contributed by atoms with Crippen LogP contribution in [0.3, 0.4) is 0 Å². The maximum Gasteiger partial charge on any atom is 0.393 e. The molecule has 2 heterocycles. The molecule has 1 saturated heterocycles. The molecule has 0 spiro atoms. The molecule has 1 atom stereocenters. The minimum absolute atomic E-state index is 0.0128. The van der Waals surface area contributed by atoms with Gasteiger partial charge in [-0.25, -0.2) is 4.98 Å². The molecule has 37 heavy (non-hydrogen) atoms. The third kappa shape index (κ3) is 5.45. The first-order valence-corrected chi connectivity index (χ1v) is 13.2. The first-order valence-electron chi connectivity index (χ1n) is 12.0. The zero-order valence-corrected chi connectivity index (χ0v) is 22.2. The van der Waals surface area contributed by atoms with Crippen LogP contribution in [0.15, 0.2) is 24.3 Å². The van der Waals surface area contributed by atoms with E-state index in [1.54, 1.807) is 40.8 Å². The van der Waals surface area contributed by atoms with Crippen LogP contribution >= 0.6 is 34.8 Å². The molecular formula is C25H25Cl3F3N5O. The van der Waals surface area contributed by atoms with Gasteiger partial charge in [0.25, 0.3) is 0 Å². The third-order valence-corrected chi connectivity index (χ3v) is 8.03. The Kier molecular flexibility index (Phi) is 7.15. The van der Waals surface area contributed by atoms with Crippen molar-refractivity contribution in [3.63, 3.8) is 0 Å². The number of hydrogen-bond acceptors (Lipinski definition) is 4. The monoisotopic (exact) mass is 573 g/mol. The fourth-order valence-corrected chi connectivity index (χ4v) is 5.46. The van der Waals surface area contributed by atoms with E-state index in [1.807, 2.05) is 0 Å². The maximum atomic E-state index is 13.4. The Labute approximate surface area is 227 Å². The molecule has 1 unspecified atom stereocenters. The van der Waals surface area contributed by atoms with Gasteiger partial charge in [-0.05, 0) is 49.4 Å². The van der Waals surface area contributed by atoms with Gasteiger partial charge < -0.3 is 20.1 Å². The second kappa shape index (κ2) is 10.1. The maximum absolute atomic E-state index is 13.4. The zero-order chi connectivity index (χ0) is 26.5. The standard InChI is InChI=1S/C25H25Cl3F3N5O/c1-35-20-10-19(36-8-2-3-15(12-36)25(29,30)31)17(27)9-18(20)33-24(35)34-22-16(26)7-6-14(21(22)28)11-32-23(37)13-4-5-13/h6-7,9-10,13,15H,2-5,8,11-12H2,1H3,(H,32,37)(H,33,34). The SMILES string of the molecule is Cn1c(Nc2c(Cl)ccc(CNC(=O)C3CC3)c2Cl)nc2cc(Cl)c(N3CCCC(C(F)(F)F)C3)cc21. The van der Waals surface area contributed by atoms with E-state index < -0.39 is 12.1 Å². The number of benzene rings is 2. The van der Waals surface area contributed by atoms with Crippen molar-refractivity contribution in [2.75, 3.05) is 23.3 Å². The number of amides is 1. The summed E-state index contributed by atoms with van der Waals surface area (Å²) >= 11 is 19.6. The second-order valence-electron chi connectivity index (χ2n) is 9.63. The molecule has 1 aliphatic carbocycles. The molecule has 1 aliphatic heterocycles. The summed E-state index contributed by atoms with van der Waals surface area (Å²) in [5.74, 6) is -0.858. The molecule has 2 fully saturated rings. The number of hydrogen-bond donors (Lipinski definition) is 2. The minimum Gasteiger partial charge on any atom is -0.370 e. The highest BCUT2D eigenvalue weighted by Gasteiger charge is 2.42. The number of aromatic nitrogens is 2. The summed E-state index contributed by atoms with van der Waals surface area (Å²) in [5.41, 5.74) is 2.95. The molecule has 0 radical (unpaired) electrons. The summed E-state index contributed by atoms with van der Waals surface area (Å²) in [5, 5.41) is 7.15. The van der Waals surface area contributed by atoms with E-state index in [1.165, 1.54) is 0 Å². The summed E-state index contributed by atoms with van der Waals surface area (Å²) in [6, 6.07) is 6.87. The first-order chi connectivity index (χ1) is 17.5. The van der Waals surface area contributed by atoms with Gasteiger partial charge in [0.2, 0.25) is 11.9 Å². The Morgan fingerprint density at radius 2 is 1.89 bits per heavy atom. The van der Waals surface area contributed by atoms with Gasteiger partial charge in [0, 0.05) is 32.6 Å². The van der Waals surface area contributed by atoms with Crippen molar-refractivity contribution >= 4 is 69.1 Å². The first kappa shape index (κ1) is 26.3. The number of rotatable bonds is 6. The van der Waals surface area contributed by atoms with Crippen LogP contribution in [-0.4, -0.2) is 34.7 Å². The van der Waals surface area contributed by atoms with Crippen molar-refractivity contribution in [3.8, 4) is 0 Å². The lowest BCUT2D eigenvalue weighted by atomic mass is 9.97. The highest BCUT2D eigenvalue weighted by Crippen LogP contribution is 2.40. The lowest BCUT2D eigenvalue weighted by Gasteiger charge is -2.35. The number of carbonyl (C=O) groups excluding carboxylic acids is 1. The molecule has 1 aromatic heterocycles. The summed E-state index contributed by atoms with van der Waals surface area (Å²) in [7, 11) is 1.78. The Bertz CT molecular complexity index is 1360. The molecule has 5 rings (SSSR count). The molecule has 1 saturated carbocycles. The molecule has 2 aliphatic rings. The Balaban J connectivity index is 1.41. The number of piperidine rings is 1. The summed E-state index contributed by atoms with van der Waals surface area (Å²) in [6.45, 7) is 0.638. The molecule has 198 valence electrons. The molecular weight excluding hydrogens is 550 g/mol. The largest absolute Gasteiger partial charge is 0.393 e. The molecule has 2 N–H and O–H groups in total. The van der Waals surface area contributed by atoms with Crippen LogP contribution in [0.5, 0.6) is 0 Å². The number of carbonyl (C=O) groups is 1. The van der Waals surface area contributed by atoms with Crippen molar-refractivity contribution in [2.45, 2.75) is 38.4 Å². The fourth-order valence-electron chi connectivity index (χ4n) is 4.65. The van der Waals surface area contributed by atoms with Crippen molar-refractivity contribution in [2.24, 2.45) is 18.9 Å². The van der Waals surface area contributed by atoms with Gasteiger partial charge in [-0.2, -0.15) is 13.2 Å². The quantitative estimate of drug-likeness (QED) is 0.330. The van der Waals surface area contributed by atoms with Crippen LogP contribution in [0.25, 0.3) is 11.0 Å². The van der Waals surface area contributed by atoms with Crippen LogP contribution in [0.1, 0.15) is 31.2 Å².